The van der Waals surface area contributed by atoms with Crippen LogP contribution in [0.25, 0.3) is 0 Å². The van der Waals surface area contributed by atoms with E-state index in [1.165, 1.54) is 19.1 Å². The Morgan fingerprint density at radius 2 is 1.74 bits per heavy atom. The van der Waals surface area contributed by atoms with Crippen LogP contribution in [-0.2, 0) is 14.3 Å². The Bertz CT molecular complexity index is 266. The smallest absolute Gasteiger partial charge is 0.326 e. The lowest BCUT2D eigenvalue weighted by molar-refractivity contribution is -0.139. The van der Waals surface area contributed by atoms with E-state index >= 15 is 0 Å². The number of hydrogen-bond donors (Lipinski definition) is 3. The Hall–Kier alpha value is -1.38. The lowest BCUT2D eigenvalue weighted by Gasteiger charge is -2.24. The second kappa shape index (κ2) is 10.5. The van der Waals surface area contributed by atoms with Crippen LogP contribution in [0, 0.1) is 0 Å². The van der Waals surface area contributed by atoms with E-state index in [4.69, 9.17) is 19.7 Å². The van der Waals surface area contributed by atoms with Crippen LogP contribution in [0.4, 0.5) is 4.79 Å². The van der Waals surface area contributed by atoms with Gasteiger partial charge in [-0.25, -0.2) is 9.59 Å². The normalized spacial score (nSPS) is 11.9. The molecule has 0 aliphatic heterocycles. The third-order valence-corrected chi connectivity index (χ3v) is 2.43. The Balaban J connectivity index is 4.44. The lowest BCUT2D eigenvalue weighted by atomic mass is 10.2. The molecule has 0 bridgehead atoms. The lowest BCUT2D eigenvalue weighted by Crippen LogP contribution is -2.49. The Morgan fingerprint density at radius 1 is 1.21 bits per heavy atom. The third kappa shape index (κ3) is 7.60. The molecule has 0 radical (unpaired) electrons. The van der Waals surface area contributed by atoms with Crippen LogP contribution in [0.1, 0.15) is 6.42 Å². The molecular weight excluding hydrogens is 256 g/mol. The number of methoxy groups -OCH3 is 2. The number of aliphatic hydroxyl groups is 1. The van der Waals surface area contributed by atoms with Gasteiger partial charge in [0, 0.05) is 40.3 Å². The van der Waals surface area contributed by atoms with E-state index in [0.29, 0.717) is 26.3 Å². The summed E-state index contributed by atoms with van der Waals surface area (Å²) in [6.45, 7) is 1.03. The first-order valence-corrected chi connectivity index (χ1v) is 5.93. The van der Waals surface area contributed by atoms with E-state index in [1.807, 2.05) is 0 Å². The molecule has 0 aromatic carbocycles. The highest BCUT2D eigenvalue weighted by Crippen LogP contribution is 1.96. The van der Waals surface area contributed by atoms with Crippen molar-refractivity contribution in [3.8, 4) is 0 Å². The summed E-state index contributed by atoms with van der Waals surface area (Å²) >= 11 is 0. The van der Waals surface area contributed by atoms with Gasteiger partial charge in [-0.1, -0.05) is 0 Å². The van der Waals surface area contributed by atoms with E-state index in [0.717, 1.165) is 0 Å². The molecule has 0 saturated heterocycles. The van der Waals surface area contributed by atoms with Crippen molar-refractivity contribution >= 4 is 12.0 Å². The van der Waals surface area contributed by atoms with E-state index in [-0.39, 0.29) is 13.0 Å². The Kier molecular flexibility index (Phi) is 9.77. The maximum absolute atomic E-state index is 11.9. The van der Waals surface area contributed by atoms with Gasteiger partial charge < -0.3 is 29.9 Å². The summed E-state index contributed by atoms with van der Waals surface area (Å²) in [4.78, 5) is 24.2. The molecule has 1 unspecified atom stereocenters. The summed E-state index contributed by atoms with van der Waals surface area (Å²) in [6, 6.07) is -1.62. The number of aliphatic carboxylic acids is 1. The monoisotopic (exact) mass is 278 g/mol. The summed E-state index contributed by atoms with van der Waals surface area (Å²) in [5, 5.41) is 20.0. The topological polar surface area (TPSA) is 108 Å². The number of carboxylic acid groups (broad SMARTS) is 1. The molecule has 0 heterocycles. The number of carbonyl (C=O) groups is 2. The molecule has 0 aromatic rings. The zero-order valence-corrected chi connectivity index (χ0v) is 11.3. The van der Waals surface area contributed by atoms with Crippen molar-refractivity contribution < 1.29 is 29.3 Å². The number of nitrogens with zero attached hydrogens (tertiary/aromatic N) is 1. The molecule has 0 saturated carbocycles. The Labute approximate surface area is 112 Å². The van der Waals surface area contributed by atoms with Crippen molar-refractivity contribution in [2.24, 2.45) is 0 Å². The second-order valence-electron chi connectivity index (χ2n) is 3.83. The summed E-state index contributed by atoms with van der Waals surface area (Å²) < 4.78 is 9.77. The van der Waals surface area contributed by atoms with E-state index in [2.05, 4.69) is 5.32 Å². The number of carbonyl (C=O) groups excluding carboxylic acids is 1. The highest BCUT2D eigenvalue weighted by Gasteiger charge is 2.22. The highest BCUT2D eigenvalue weighted by atomic mass is 16.5. The number of amides is 2. The number of urea groups is 1. The van der Waals surface area contributed by atoms with Gasteiger partial charge >= 0.3 is 12.0 Å². The molecule has 0 fully saturated rings. The maximum atomic E-state index is 11.9. The molecule has 1 atom stereocenters. The first-order chi connectivity index (χ1) is 9.06. The van der Waals surface area contributed by atoms with Crippen LogP contribution < -0.4 is 5.32 Å². The molecule has 0 aliphatic rings. The number of rotatable bonds is 10. The number of hydrogen-bond acceptors (Lipinski definition) is 5. The van der Waals surface area contributed by atoms with E-state index in [1.54, 1.807) is 0 Å². The molecule has 8 nitrogen and oxygen atoms in total. The summed E-state index contributed by atoms with van der Waals surface area (Å²) in [5.74, 6) is -1.18. The number of nitrogens with one attached hydrogen (secondary N) is 1. The standard InChI is InChI=1S/C11H22N2O6/c1-18-7-4-13(5-8-19-2)11(17)12-9(3-6-14)10(15)16/h9,14H,3-8H2,1-2H3,(H,12,17)(H,15,16). The zero-order valence-electron chi connectivity index (χ0n) is 11.3. The van der Waals surface area contributed by atoms with Gasteiger partial charge in [0.25, 0.3) is 0 Å². The van der Waals surface area contributed by atoms with E-state index in [9.17, 15) is 9.59 Å². The van der Waals surface area contributed by atoms with Gasteiger partial charge in [0.1, 0.15) is 6.04 Å². The zero-order chi connectivity index (χ0) is 14.7. The maximum Gasteiger partial charge on any atom is 0.326 e. The van der Waals surface area contributed by atoms with Crippen molar-refractivity contribution in [3.63, 3.8) is 0 Å². The number of carboxylic acids is 1. The molecule has 3 N–H and O–H groups in total. The molecule has 0 rings (SSSR count). The molecular formula is C11H22N2O6. The molecule has 19 heavy (non-hydrogen) atoms. The highest BCUT2D eigenvalue weighted by molar-refractivity contribution is 5.82. The van der Waals surface area contributed by atoms with Gasteiger partial charge in [0.05, 0.1) is 13.2 Å². The molecule has 2 amide bonds. The first kappa shape index (κ1) is 17.6. The van der Waals surface area contributed by atoms with Crippen LogP contribution in [0.2, 0.25) is 0 Å². The quantitative estimate of drug-likeness (QED) is 0.479. The van der Waals surface area contributed by atoms with Gasteiger partial charge in [-0.15, -0.1) is 0 Å². The van der Waals surface area contributed by atoms with Crippen molar-refractivity contribution in [1.82, 2.24) is 10.2 Å². The molecule has 0 spiro atoms. The second-order valence-corrected chi connectivity index (χ2v) is 3.83. The van der Waals surface area contributed by atoms with Crippen LogP contribution in [-0.4, -0.2) is 80.3 Å². The minimum Gasteiger partial charge on any atom is -0.480 e. The first-order valence-electron chi connectivity index (χ1n) is 5.93. The predicted molar refractivity (Wildman–Crippen MR) is 67.0 cm³/mol. The summed E-state index contributed by atoms with van der Waals surface area (Å²) in [6.07, 6.45) is -0.0382. The van der Waals surface area contributed by atoms with Crippen LogP contribution in [0.3, 0.4) is 0 Å². The van der Waals surface area contributed by atoms with Gasteiger partial charge in [-0.2, -0.15) is 0 Å². The van der Waals surface area contributed by atoms with Crippen LogP contribution in [0.15, 0.2) is 0 Å². The fraction of sp³-hybridized carbons (Fsp3) is 0.818. The summed E-state index contributed by atoms with van der Waals surface area (Å²) in [7, 11) is 3.02. The molecule has 8 heteroatoms. The largest absolute Gasteiger partial charge is 0.480 e. The minimum absolute atomic E-state index is 0.0382. The predicted octanol–water partition coefficient (Wildman–Crippen LogP) is -0.874. The third-order valence-electron chi connectivity index (χ3n) is 2.43. The van der Waals surface area contributed by atoms with Crippen LogP contribution in [0.5, 0.6) is 0 Å². The van der Waals surface area contributed by atoms with Gasteiger partial charge in [-0.05, 0) is 0 Å². The van der Waals surface area contributed by atoms with Gasteiger partial charge in [-0.3, -0.25) is 0 Å². The van der Waals surface area contributed by atoms with Crippen molar-refractivity contribution in [1.29, 1.82) is 0 Å². The van der Waals surface area contributed by atoms with E-state index < -0.39 is 18.0 Å². The average Bonchev–Trinajstić information content (AvgIpc) is 2.38. The van der Waals surface area contributed by atoms with Crippen molar-refractivity contribution in [2.75, 3.05) is 47.1 Å². The van der Waals surface area contributed by atoms with Crippen LogP contribution >= 0.6 is 0 Å². The fourth-order valence-electron chi connectivity index (χ4n) is 1.34. The van der Waals surface area contributed by atoms with Gasteiger partial charge in [0.15, 0.2) is 0 Å². The summed E-state index contributed by atoms with van der Waals surface area (Å²) in [5.41, 5.74) is 0. The molecule has 0 aliphatic carbocycles. The minimum atomic E-state index is -1.18. The average molecular weight is 278 g/mol. The molecule has 0 aromatic heterocycles. The fourth-order valence-corrected chi connectivity index (χ4v) is 1.34. The SMILES string of the molecule is COCCN(CCOC)C(=O)NC(CCO)C(=O)O. The number of aliphatic hydroxyl groups excluding tert-OH is 1. The van der Waals surface area contributed by atoms with Crippen molar-refractivity contribution in [2.45, 2.75) is 12.5 Å². The molecule has 112 valence electrons. The number of ether oxygens (including phenoxy) is 2. The Morgan fingerprint density at radius 3 is 2.11 bits per heavy atom. The van der Waals surface area contributed by atoms with Crippen molar-refractivity contribution in [3.05, 3.63) is 0 Å². The van der Waals surface area contributed by atoms with Gasteiger partial charge in [0.2, 0.25) is 0 Å².